The summed E-state index contributed by atoms with van der Waals surface area (Å²) in [7, 11) is 0. The zero-order valence-corrected chi connectivity index (χ0v) is 9.31. The van der Waals surface area contributed by atoms with E-state index < -0.39 is 6.29 Å². The molecule has 0 aliphatic carbocycles. The Balaban J connectivity index is 3.15. The van der Waals surface area contributed by atoms with Crippen LogP contribution in [0.15, 0.2) is 0 Å². The van der Waals surface area contributed by atoms with Crippen LogP contribution in [0.3, 0.4) is 0 Å². The maximum atomic E-state index is 9.53. The van der Waals surface area contributed by atoms with Gasteiger partial charge >= 0.3 is 0 Å². The van der Waals surface area contributed by atoms with Crippen molar-refractivity contribution in [2.24, 2.45) is 0 Å². The molecule has 0 spiro atoms. The third-order valence-electron chi connectivity index (χ3n) is 2.45. The minimum atomic E-state index is -1.22. The molecular formula is C11H24O4. The van der Waals surface area contributed by atoms with Crippen LogP contribution in [0, 0.1) is 0 Å². The lowest BCUT2D eigenvalue weighted by molar-refractivity contribution is -0.0470. The van der Waals surface area contributed by atoms with Gasteiger partial charge in [-0.3, -0.25) is 0 Å². The molecule has 4 nitrogen and oxygen atoms in total. The summed E-state index contributed by atoms with van der Waals surface area (Å²) < 4.78 is 0. The van der Waals surface area contributed by atoms with Gasteiger partial charge in [0.05, 0.1) is 6.10 Å². The highest BCUT2D eigenvalue weighted by atomic mass is 16.5. The minimum Gasteiger partial charge on any atom is -0.396 e. The zero-order valence-electron chi connectivity index (χ0n) is 9.31. The third-order valence-corrected chi connectivity index (χ3v) is 2.45. The lowest BCUT2D eigenvalue weighted by Gasteiger charge is -2.10. The average Bonchev–Trinajstić information content (AvgIpc) is 2.19. The summed E-state index contributed by atoms with van der Waals surface area (Å²) in [5.74, 6) is 0. The normalized spacial score (nSPS) is 13.4. The summed E-state index contributed by atoms with van der Waals surface area (Å²) in [4.78, 5) is 0. The number of unbranched alkanes of at least 4 members (excludes halogenated alkanes) is 3. The molecule has 15 heavy (non-hydrogen) atoms. The number of hydrogen-bond acceptors (Lipinski definition) is 4. The molecular weight excluding hydrogens is 196 g/mol. The molecule has 1 unspecified atom stereocenters. The molecule has 0 radical (unpaired) electrons. The van der Waals surface area contributed by atoms with Crippen molar-refractivity contribution in [3.8, 4) is 0 Å². The highest BCUT2D eigenvalue weighted by molar-refractivity contribution is 4.57. The van der Waals surface area contributed by atoms with Crippen LogP contribution in [-0.4, -0.2) is 39.4 Å². The second-order valence-electron chi connectivity index (χ2n) is 3.99. The standard InChI is InChI=1S/C11H24O4/c12-9-5-1-2-6-10(13)7-3-4-8-11(14)15/h10-15H,1-9H2. The Bertz CT molecular complexity index is 128. The highest BCUT2D eigenvalue weighted by Crippen LogP contribution is 2.11. The van der Waals surface area contributed by atoms with E-state index in [1.165, 1.54) is 0 Å². The lowest BCUT2D eigenvalue weighted by Crippen LogP contribution is -2.08. The van der Waals surface area contributed by atoms with E-state index in [4.69, 9.17) is 15.3 Å². The summed E-state index contributed by atoms with van der Waals surface area (Å²) in [5.41, 5.74) is 0. The Hall–Kier alpha value is -0.160. The van der Waals surface area contributed by atoms with Gasteiger partial charge in [0.15, 0.2) is 6.29 Å². The Morgan fingerprint density at radius 2 is 1.20 bits per heavy atom. The molecule has 0 amide bonds. The van der Waals surface area contributed by atoms with E-state index in [1.54, 1.807) is 0 Å². The van der Waals surface area contributed by atoms with Gasteiger partial charge in [-0.2, -0.15) is 0 Å². The molecule has 1 atom stereocenters. The summed E-state index contributed by atoms with van der Waals surface area (Å²) in [6, 6.07) is 0. The van der Waals surface area contributed by atoms with E-state index in [-0.39, 0.29) is 12.7 Å². The molecule has 0 rings (SSSR count). The highest BCUT2D eigenvalue weighted by Gasteiger charge is 2.04. The molecule has 0 aromatic rings. The van der Waals surface area contributed by atoms with E-state index in [2.05, 4.69) is 0 Å². The van der Waals surface area contributed by atoms with Crippen LogP contribution in [0.1, 0.15) is 51.4 Å². The Morgan fingerprint density at radius 3 is 1.73 bits per heavy atom. The van der Waals surface area contributed by atoms with Crippen LogP contribution in [-0.2, 0) is 0 Å². The molecule has 0 aliphatic heterocycles. The monoisotopic (exact) mass is 220 g/mol. The van der Waals surface area contributed by atoms with Crippen molar-refractivity contribution >= 4 is 0 Å². The quantitative estimate of drug-likeness (QED) is 0.324. The first-order valence-corrected chi connectivity index (χ1v) is 5.82. The summed E-state index contributed by atoms with van der Waals surface area (Å²) in [6.45, 7) is 0.227. The number of hydrogen-bond donors (Lipinski definition) is 4. The Morgan fingerprint density at radius 1 is 0.667 bits per heavy atom. The van der Waals surface area contributed by atoms with Crippen molar-refractivity contribution in [1.82, 2.24) is 0 Å². The Labute approximate surface area is 91.6 Å². The van der Waals surface area contributed by atoms with E-state index >= 15 is 0 Å². The fourth-order valence-electron chi connectivity index (χ4n) is 1.52. The van der Waals surface area contributed by atoms with E-state index in [1.807, 2.05) is 0 Å². The van der Waals surface area contributed by atoms with Gasteiger partial charge in [0.2, 0.25) is 0 Å². The van der Waals surface area contributed by atoms with Crippen molar-refractivity contribution in [1.29, 1.82) is 0 Å². The number of rotatable bonds is 10. The predicted octanol–water partition coefficient (Wildman–Crippen LogP) is 0.771. The fraction of sp³-hybridized carbons (Fsp3) is 1.00. The van der Waals surface area contributed by atoms with Gasteiger partial charge in [-0.1, -0.05) is 19.3 Å². The molecule has 0 heterocycles. The minimum absolute atomic E-state index is 0.227. The van der Waals surface area contributed by atoms with Gasteiger partial charge in [-0.25, -0.2) is 0 Å². The van der Waals surface area contributed by atoms with Gasteiger partial charge in [-0.15, -0.1) is 0 Å². The van der Waals surface area contributed by atoms with Gasteiger partial charge < -0.3 is 20.4 Å². The first-order chi connectivity index (χ1) is 7.16. The SMILES string of the molecule is OCCCCCC(O)CCCCC(O)O. The van der Waals surface area contributed by atoms with E-state index in [0.29, 0.717) is 6.42 Å². The zero-order chi connectivity index (χ0) is 11.5. The molecule has 0 fully saturated rings. The van der Waals surface area contributed by atoms with Crippen LogP contribution >= 0.6 is 0 Å². The molecule has 4 heteroatoms. The van der Waals surface area contributed by atoms with Crippen LogP contribution in [0.25, 0.3) is 0 Å². The van der Waals surface area contributed by atoms with E-state index in [0.717, 1.165) is 44.9 Å². The van der Waals surface area contributed by atoms with Gasteiger partial charge in [0, 0.05) is 6.61 Å². The van der Waals surface area contributed by atoms with Crippen molar-refractivity contribution in [2.45, 2.75) is 63.8 Å². The second kappa shape index (κ2) is 10.4. The number of aliphatic hydroxyl groups is 4. The molecule has 0 saturated carbocycles. The van der Waals surface area contributed by atoms with Crippen LogP contribution in [0.5, 0.6) is 0 Å². The van der Waals surface area contributed by atoms with Gasteiger partial charge in [-0.05, 0) is 32.1 Å². The van der Waals surface area contributed by atoms with Crippen molar-refractivity contribution in [3.63, 3.8) is 0 Å². The fourth-order valence-corrected chi connectivity index (χ4v) is 1.52. The topological polar surface area (TPSA) is 80.9 Å². The third kappa shape index (κ3) is 11.8. The van der Waals surface area contributed by atoms with Crippen LogP contribution in [0.4, 0.5) is 0 Å². The molecule has 0 saturated heterocycles. The summed E-state index contributed by atoms with van der Waals surface area (Å²) in [5, 5.41) is 35.2. The average molecular weight is 220 g/mol. The summed E-state index contributed by atoms with van der Waals surface area (Å²) in [6.07, 6.45) is 4.69. The molecule has 0 aromatic carbocycles. The van der Waals surface area contributed by atoms with Crippen molar-refractivity contribution in [2.75, 3.05) is 6.61 Å². The van der Waals surface area contributed by atoms with Crippen LogP contribution in [0.2, 0.25) is 0 Å². The summed E-state index contributed by atoms with van der Waals surface area (Å²) >= 11 is 0. The smallest absolute Gasteiger partial charge is 0.151 e. The maximum Gasteiger partial charge on any atom is 0.151 e. The lowest BCUT2D eigenvalue weighted by atomic mass is 10.0. The maximum absolute atomic E-state index is 9.53. The first kappa shape index (κ1) is 14.8. The largest absolute Gasteiger partial charge is 0.396 e. The molecule has 92 valence electrons. The van der Waals surface area contributed by atoms with Gasteiger partial charge in [0.25, 0.3) is 0 Å². The predicted molar refractivity (Wildman–Crippen MR) is 58.3 cm³/mol. The first-order valence-electron chi connectivity index (χ1n) is 5.82. The van der Waals surface area contributed by atoms with Crippen molar-refractivity contribution < 1.29 is 20.4 Å². The Kier molecular flexibility index (Phi) is 10.3. The molecule has 0 bridgehead atoms. The van der Waals surface area contributed by atoms with Crippen molar-refractivity contribution in [3.05, 3.63) is 0 Å². The second-order valence-corrected chi connectivity index (χ2v) is 3.99. The molecule has 0 aliphatic rings. The van der Waals surface area contributed by atoms with E-state index in [9.17, 15) is 5.11 Å². The molecule has 4 N–H and O–H groups in total. The van der Waals surface area contributed by atoms with Gasteiger partial charge in [0.1, 0.15) is 0 Å². The van der Waals surface area contributed by atoms with Crippen LogP contribution < -0.4 is 0 Å². The molecule has 0 aromatic heterocycles. The number of aliphatic hydroxyl groups excluding tert-OH is 3.